The van der Waals surface area contributed by atoms with Crippen molar-refractivity contribution in [1.29, 1.82) is 0 Å². The molecular formula is C12H15ClN2O2. The fourth-order valence-electron chi connectivity index (χ4n) is 1.94. The van der Waals surface area contributed by atoms with Crippen LogP contribution in [0.1, 0.15) is 23.2 Å². The van der Waals surface area contributed by atoms with Gasteiger partial charge in [0.25, 0.3) is 5.91 Å². The van der Waals surface area contributed by atoms with Gasteiger partial charge in [0.1, 0.15) is 11.9 Å². The van der Waals surface area contributed by atoms with Crippen LogP contribution in [0.15, 0.2) is 18.2 Å². The van der Waals surface area contributed by atoms with Gasteiger partial charge in [-0.05, 0) is 31.5 Å². The molecule has 3 N–H and O–H groups in total. The molecular weight excluding hydrogens is 240 g/mol. The lowest BCUT2D eigenvalue weighted by atomic mass is 10.1. The molecule has 0 aromatic heterocycles. The third kappa shape index (κ3) is 2.90. The zero-order valence-electron chi connectivity index (χ0n) is 9.41. The van der Waals surface area contributed by atoms with E-state index in [9.17, 15) is 4.79 Å². The molecule has 1 saturated heterocycles. The second-order valence-electron chi connectivity index (χ2n) is 4.06. The number of hydrogen-bond acceptors (Lipinski definition) is 3. The molecule has 92 valence electrons. The lowest BCUT2D eigenvalue weighted by molar-refractivity contribution is 0.0990. The molecule has 1 aliphatic rings. The van der Waals surface area contributed by atoms with E-state index >= 15 is 0 Å². The van der Waals surface area contributed by atoms with Crippen LogP contribution in [0.5, 0.6) is 5.75 Å². The predicted octanol–water partition coefficient (Wildman–Crippen LogP) is 1.57. The molecule has 1 aromatic carbocycles. The summed E-state index contributed by atoms with van der Waals surface area (Å²) in [6.07, 6.45) is 2.11. The third-order valence-electron chi connectivity index (χ3n) is 2.77. The van der Waals surface area contributed by atoms with Crippen molar-refractivity contribution in [1.82, 2.24) is 5.32 Å². The van der Waals surface area contributed by atoms with Gasteiger partial charge in [0.2, 0.25) is 0 Å². The number of benzene rings is 1. The maximum absolute atomic E-state index is 11.3. The van der Waals surface area contributed by atoms with Crippen molar-refractivity contribution < 1.29 is 9.53 Å². The Morgan fingerprint density at radius 2 is 2.35 bits per heavy atom. The molecule has 0 radical (unpaired) electrons. The van der Waals surface area contributed by atoms with Crippen molar-refractivity contribution >= 4 is 17.5 Å². The summed E-state index contributed by atoms with van der Waals surface area (Å²) >= 11 is 5.95. The number of nitrogens with one attached hydrogen (secondary N) is 1. The maximum atomic E-state index is 11.3. The van der Waals surface area contributed by atoms with Gasteiger partial charge in [0, 0.05) is 6.54 Å². The van der Waals surface area contributed by atoms with Crippen molar-refractivity contribution in [3.05, 3.63) is 28.8 Å². The third-order valence-corrected chi connectivity index (χ3v) is 3.08. The van der Waals surface area contributed by atoms with Gasteiger partial charge in [0.15, 0.2) is 0 Å². The molecule has 1 amide bonds. The standard InChI is InChI=1S/C12H15ClN2O2/c13-9-4-1-5-10(11(9)12(14)16)17-8-3-2-6-15-7-8/h1,4-5,8,15H,2-3,6-7H2,(H2,14,16)/t8-/m0/s1. The lowest BCUT2D eigenvalue weighted by Gasteiger charge is -2.24. The van der Waals surface area contributed by atoms with Gasteiger partial charge in [0.05, 0.1) is 10.6 Å². The number of rotatable bonds is 3. The van der Waals surface area contributed by atoms with E-state index in [2.05, 4.69) is 5.32 Å². The molecule has 0 bridgehead atoms. The van der Waals surface area contributed by atoms with E-state index in [1.165, 1.54) is 0 Å². The largest absolute Gasteiger partial charge is 0.488 e. The van der Waals surface area contributed by atoms with Crippen LogP contribution >= 0.6 is 11.6 Å². The smallest absolute Gasteiger partial charge is 0.253 e. The minimum Gasteiger partial charge on any atom is -0.488 e. The number of carbonyl (C=O) groups excluding carboxylic acids is 1. The van der Waals surface area contributed by atoms with Crippen LogP contribution in [0.3, 0.4) is 0 Å². The molecule has 1 fully saturated rings. The van der Waals surface area contributed by atoms with Crippen molar-refractivity contribution in [3.63, 3.8) is 0 Å². The summed E-state index contributed by atoms with van der Waals surface area (Å²) in [5.41, 5.74) is 5.57. The Kier molecular flexibility index (Phi) is 3.86. The molecule has 2 rings (SSSR count). The minimum absolute atomic E-state index is 0.0697. The first-order valence-corrected chi connectivity index (χ1v) is 6.02. The van der Waals surface area contributed by atoms with Gasteiger partial charge < -0.3 is 15.8 Å². The van der Waals surface area contributed by atoms with E-state index in [1.807, 2.05) is 0 Å². The summed E-state index contributed by atoms with van der Waals surface area (Å²) in [7, 11) is 0. The Morgan fingerprint density at radius 1 is 1.53 bits per heavy atom. The Bertz CT molecular complexity index is 417. The number of halogens is 1. The number of nitrogens with two attached hydrogens (primary N) is 1. The maximum Gasteiger partial charge on any atom is 0.253 e. The van der Waals surface area contributed by atoms with Crippen molar-refractivity contribution in [2.24, 2.45) is 5.73 Å². The number of ether oxygens (including phenoxy) is 1. The van der Waals surface area contributed by atoms with Gasteiger partial charge in [-0.15, -0.1) is 0 Å². The first-order valence-electron chi connectivity index (χ1n) is 5.64. The average molecular weight is 255 g/mol. The van der Waals surface area contributed by atoms with Gasteiger partial charge in [-0.25, -0.2) is 0 Å². The van der Waals surface area contributed by atoms with E-state index in [0.717, 1.165) is 25.9 Å². The summed E-state index contributed by atoms with van der Waals surface area (Å²) < 4.78 is 5.78. The molecule has 4 nitrogen and oxygen atoms in total. The summed E-state index contributed by atoms with van der Waals surface area (Å²) in [4.78, 5) is 11.3. The van der Waals surface area contributed by atoms with Crippen LogP contribution in [0.4, 0.5) is 0 Å². The Balaban J connectivity index is 2.19. The Hall–Kier alpha value is -1.26. The molecule has 17 heavy (non-hydrogen) atoms. The van der Waals surface area contributed by atoms with Crippen LogP contribution in [0.25, 0.3) is 0 Å². The molecule has 0 unspecified atom stereocenters. The average Bonchev–Trinajstić information content (AvgIpc) is 2.30. The van der Waals surface area contributed by atoms with Crippen LogP contribution in [-0.4, -0.2) is 25.1 Å². The highest BCUT2D eigenvalue weighted by molar-refractivity contribution is 6.34. The van der Waals surface area contributed by atoms with E-state index in [1.54, 1.807) is 18.2 Å². The van der Waals surface area contributed by atoms with E-state index < -0.39 is 5.91 Å². The fourth-order valence-corrected chi connectivity index (χ4v) is 2.20. The molecule has 1 atom stereocenters. The first kappa shape index (κ1) is 12.2. The number of amides is 1. The second-order valence-corrected chi connectivity index (χ2v) is 4.47. The van der Waals surface area contributed by atoms with E-state index in [0.29, 0.717) is 10.8 Å². The Morgan fingerprint density at radius 3 is 3.00 bits per heavy atom. The summed E-state index contributed by atoms with van der Waals surface area (Å²) in [5, 5.41) is 3.58. The van der Waals surface area contributed by atoms with Crippen LogP contribution < -0.4 is 15.8 Å². The van der Waals surface area contributed by atoms with Gasteiger partial charge in [-0.1, -0.05) is 17.7 Å². The highest BCUT2D eigenvalue weighted by atomic mass is 35.5. The normalized spacial score (nSPS) is 19.9. The number of hydrogen-bond donors (Lipinski definition) is 2. The van der Waals surface area contributed by atoms with Gasteiger partial charge >= 0.3 is 0 Å². The van der Waals surface area contributed by atoms with E-state index in [4.69, 9.17) is 22.1 Å². The molecule has 1 aromatic rings. The first-order chi connectivity index (χ1) is 8.18. The topological polar surface area (TPSA) is 64.4 Å². The second kappa shape index (κ2) is 5.38. The van der Waals surface area contributed by atoms with Gasteiger partial charge in [-0.3, -0.25) is 4.79 Å². The highest BCUT2D eigenvalue weighted by Gasteiger charge is 2.19. The van der Waals surface area contributed by atoms with Gasteiger partial charge in [-0.2, -0.15) is 0 Å². The number of piperidine rings is 1. The van der Waals surface area contributed by atoms with Crippen LogP contribution in [0.2, 0.25) is 5.02 Å². The molecule has 1 heterocycles. The number of primary amides is 1. The zero-order valence-corrected chi connectivity index (χ0v) is 10.2. The van der Waals surface area contributed by atoms with Crippen molar-refractivity contribution in [3.8, 4) is 5.75 Å². The molecule has 0 spiro atoms. The minimum atomic E-state index is -0.561. The monoisotopic (exact) mass is 254 g/mol. The lowest BCUT2D eigenvalue weighted by Crippen LogP contribution is -2.37. The fraction of sp³-hybridized carbons (Fsp3) is 0.417. The molecule has 0 saturated carbocycles. The highest BCUT2D eigenvalue weighted by Crippen LogP contribution is 2.27. The molecule has 5 heteroatoms. The summed E-state index contributed by atoms with van der Waals surface area (Å²) in [6, 6.07) is 5.11. The van der Waals surface area contributed by atoms with Crippen LogP contribution in [0, 0.1) is 0 Å². The SMILES string of the molecule is NC(=O)c1c(Cl)cccc1O[C@H]1CCCNC1. The van der Waals surface area contributed by atoms with Crippen molar-refractivity contribution in [2.75, 3.05) is 13.1 Å². The van der Waals surface area contributed by atoms with E-state index in [-0.39, 0.29) is 11.7 Å². The summed E-state index contributed by atoms with van der Waals surface area (Å²) in [6.45, 7) is 1.79. The Labute approximate surface area is 105 Å². The number of carbonyl (C=O) groups is 1. The zero-order chi connectivity index (χ0) is 12.3. The van der Waals surface area contributed by atoms with Crippen molar-refractivity contribution in [2.45, 2.75) is 18.9 Å². The summed E-state index contributed by atoms with van der Waals surface area (Å²) in [5.74, 6) is -0.0898. The predicted molar refractivity (Wildman–Crippen MR) is 66.5 cm³/mol. The quantitative estimate of drug-likeness (QED) is 0.861. The molecule has 0 aliphatic carbocycles. The van der Waals surface area contributed by atoms with Crippen LogP contribution in [-0.2, 0) is 0 Å². The molecule has 1 aliphatic heterocycles.